The van der Waals surface area contributed by atoms with Crippen molar-refractivity contribution < 1.29 is 18.8 Å². The molecule has 3 aromatic carbocycles. The van der Waals surface area contributed by atoms with Crippen LogP contribution in [0.25, 0.3) is 10.9 Å². The minimum atomic E-state index is -1.21. The van der Waals surface area contributed by atoms with Gasteiger partial charge in [0, 0.05) is 34.1 Å². The van der Waals surface area contributed by atoms with Gasteiger partial charge in [-0.3, -0.25) is 15.4 Å². The Balaban J connectivity index is 1.47. The van der Waals surface area contributed by atoms with Crippen LogP contribution in [-0.2, 0) is 17.8 Å². The average molecular weight is 433 g/mol. The molecular formula is C24H20FN3O4. The molecule has 7 nitrogen and oxygen atoms in total. The lowest BCUT2D eigenvalue weighted by molar-refractivity contribution is -0.529. The van der Waals surface area contributed by atoms with Crippen molar-refractivity contribution in [3.8, 4) is 0 Å². The number of amides is 1. The minimum Gasteiger partial charge on any atom is -0.444 e. The molecule has 162 valence electrons. The number of ether oxygens (including phenoxy) is 1. The maximum atomic E-state index is 14.1. The highest BCUT2D eigenvalue weighted by atomic mass is 19.1. The summed E-state index contributed by atoms with van der Waals surface area (Å²) in [5.41, 5.74) is 2.82. The lowest BCUT2D eigenvalue weighted by atomic mass is 9.98. The van der Waals surface area contributed by atoms with Crippen LogP contribution in [0, 0.1) is 15.9 Å². The Morgan fingerprint density at radius 1 is 1.09 bits per heavy atom. The van der Waals surface area contributed by atoms with E-state index in [9.17, 15) is 19.3 Å². The highest BCUT2D eigenvalue weighted by molar-refractivity contribution is 5.91. The van der Waals surface area contributed by atoms with E-state index < -0.39 is 22.9 Å². The molecule has 2 N–H and O–H groups in total. The molecule has 1 aromatic heterocycles. The van der Waals surface area contributed by atoms with Crippen molar-refractivity contribution in [1.82, 2.24) is 4.98 Å². The number of aromatic amines is 1. The molecule has 0 saturated heterocycles. The van der Waals surface area contributed by atoms with E-state index in [4.69, 9.17) is 4.74 Å². The number of carbonyl (C=O) groups is 1. The number of hydrogen-bond donors (Lipinski definition) is 2. The van der Waals surface area contributed by atoms with E-state index in [1.165, 1.54) is 18.2 Å². The molecule has 0 radical (unpaired) electrons. The highest BCUT2D eigenvalue weighted by Crippen LogP contribution is 2.29. The van der Waals surface area contributed by atoms with Crippen molar-refractivity contribution in [3.05, 3.63) is 112 Å². The zero-order valence-corrected chi connectivity index (χ0v) is 17.0. The summed E-state index contributed by atoms with van der Waals surface area (Å²) in [6.07, 6.45) is 1.10. The van der Waals surface area contributed by atoms with E-state index in [1.807, 2.05) is 30.3 Å². The molecule has 0 aliphatic rings. The number of anilines is 1. The molecule has 1 unspecified atom stereocenters. The Kier molecular flexibility index (Phi) is 6.12. The van der Waals surface area contributed by atoms with Gasteiger partial charge in [-0.15, -0.1) is 0 Å². The first kappa shape index (κ1) is 21.0. The summed E-state index contributed by atoms with van der Waals surface area (Å²) in [6.45, 7) is 0.153. The molecule has 0 saturated carbocycles. The molecule has 0 fully saturated rings. The number of rotatable bonds is 7. The van der Waals surface area contributed by atoms with Gasteiger partial charge in [-0.1, -0.05) is 48.5 Å². The number of halogens is 1. The summed E-state index contributed by atoms with van der Waals surface area (Å²) >= 11 is 0. The first-order chi connectivity index (χ1) is 15.5. The van der Waals surface area contributed by atoms with Crippen LogP contribution in [0.4, 0.5) is 14.9 Å². The summed E-state index contributed by atoms with van der Waals surface area (Å²) in [7, 11) is 0. The largest absolute Gasteiger partial charge is 0.444 e. The lowest BCUT2D eigenvalue weighted by Gasteiger charge is -2.10. The monoisotopic (exact) mass is 433 g/mol. The summed E-state index contributed by atoms with van der Waals surface area (Å²) in [5.74, 6) is -0.602. The molecule has 4 aromatic rings. The van der Waals surface area contributed by atoms with Gasteiger partial charge in [-0.05, 0) is 35.4 Å². The molecule has 0 aliphatic carbocycles. The predicted molar refractivity (Wildman–Crippen MR) is 118 cm³/mol. The fourth-order valence-electron chi connectivity index (χ4n) is 3.56. The van der Waals surface area contributed by atoms with E-state index in [0.717, 1.165) is 10.9 Å². The number of nitrogens with zero attached hydrogens (tertiary/aromatic N) is 1. The molecule has 4 rings (SSSR count). The molecule has 8 heteroatoms. The minimum absolute atomic E-state index is 0.0276. The Labute approximate surface area is 183 Å². The first-order valence-corrected chi connectivity index (χ1v) is 9.97. The summed E-state index contributed by atoms with van der Waals surface area (Å²) in [4.78, 5) is 26.3. The van der Waals surface area contributed by atoms with Crippen LogP contribution in [0.5, 0.6) is 0 Å². The van der Waals surface area contributed by atoms with Gasteiger partial charge in [0.1, 0.15) is 12.4 Å². The second kappa shape index (κ2) is 9.30. The smallest absolute Gasteiger partial charge is 0.411 e. The van der Waals surface area contributed by atoms with Crippen LogP contribution in [0.2, 0.25) is 0 Å². The van der Waals surface area contributed by atoms with Gasteiger partial charge in [-0.2, -0.15) is 0 Å². The third kappa shape index (κ3) is 4.75. The van der Waals surface area contributed by atoms with Gasteiger partial charge in [0.25, 0.3) is 0 Å². The SMILES string of the molecule is O=C(Nc1ccc2c(CC(c3ccccc3F)[N+](=O)[O-])c[nH]c2c1)OCc1ccccc1. The third-order valence-corrected chi connectivity index (χ3v) is 5.16. The van der Waals surface area contributed by atoms with Crippen molar-refractivity contribution in [2.75, 3.05) is 5.32 Å². The van der Waals surface area contributed by atoms with Crippen molar-refractivity contribution in [1.29, 1.82) is 0 Å². The van der Waals surface area contributed by atoms with E-state index in [0.29, 0.717) is 16.8 Å². The fourth-order valence-corrected chi connectivity index (χ4v) is 3.56. The second-order valence-corrected chi connectivity index (χ2v) is 7.29. The number of nitrogens with one attached hydrogen (secondary N) is 2. The van der Waals surface area contributed by atoms with Crippen LogP contribution >= 0.6 is 0 Å². The maximum absolute atomic E-state index is 14.1. The number of nitro groups is 1. The van der Waals surface area contributed by atoms with Crippen LogP contribution in [-0.4, -0.2) is 16.0 Å². The van der Waals surface area contributed by atoms with E-state index >= 15 is 0 Å². The molecule has 1 amide bonds. The van der Waals surface area contributed by atoms with Gasteiger partial charge in [0.05, 0.1) is 5.56 Å². The van der Waals surface area contributed by atoms with Gasteiger partial charge in [0.2, 0.25) is 6.04 Å². The third-order valence-electron chi connectivity index (χ3n) is 5.16. The average Bonchev–Trinajstić information content (AvgIpc) is 3.19. The summed E-state index contributed by atoms with van der Waals surface area (Å²) in [5, 5.41) is 15.0. The zero-order chi connectivity index (χ0) is 22.5. The number of H-pyrrole nitrogens is 1. The van der Waals surface area contributed by atoms with Crippen molar-refractivity contribution in [2.24, 2.45) is 0 Å². The van der Waals surface area contributed by atoms with Crippen LogP contribution < -0.4 is 5.32 Å². The quantitative estimate of drug-likeness (QED) is 0.292. The molecule has 0 spiro atoms. The Morgan fingerprint density at radius 2 is 1.84 bits per heavy atom. The number of fused-ring (bicyclic) bond motifs is 1. The van der Waals surface area contributed by atoms with E-state index in [2.05, 4.69) is 10.3 Å². The fraction of sp³-hybridized carbons (Fsp3) is 0.125. The van der Waals surface area contributed by atoms with Crippen LogP contribution in [0.15, 0.2) is 79.0 Å². The van der Waals surface area contributed by atoms with E-state index in [-0.39, 0.29) is 18.6 Å². The van der Waals surface area contributed by atoms with Crippen molar-refractivity contribution >= 4 is 22.7 Å². The van der Waals surface area contributed by atoms with Gasteiger partial charge >= 0.3 is 6.09 Å². The van der Waals surface area contributed by atoms with Gasteiger partial charge < -0.3 is 9.72 Å². The topological polar surface area (TPSA) is 97.3 Å². The number of aromatic nitrogens is 1. The number of hydrogen-bond acceptors (Lipinski definition) is 4. The molecule has 0 bridgehead atoms. The number of benzene rings is 3. The van der Waals surface area contributed by atoms with Crippen molar-refractivity contribution in [2.45, 2.75) is 19.1 Å². The first-order valence-electron chi connectivity index (χ1n) is 9.97. The number of carbonyl (C=O) groups excluding carboxylic acids is 1. The zero-order valence-electron chi connectivity index (χ0n) is 17.0. The Bertz CT molecular complexity index is 1260. The molecule has 1 heterocycles. The van der Waals surface area contributed by atoms with E-state index in [1.54, 1.807) is 30.5 Å². The summed E-state index contributed by atoms with van der Waals surface area (Å²) in [6, 6.07) is 19.0. The maximum Gasteiger partial charge on any atom is 0.411 e. The highest BCUT2D eigenvalue weighted by Gasteiger charge is 2.27. The predicted octanol–water partition coefficient (Wildman–Crippen LogP) is 5.62. The van der Waals surface area contributed by atoms with Crippen LogP contribution in [0.3, 0.4) is 0 Å². The molecule has 32 heavy (non-hydrogen) atoms. The van der Waals surface area contributed by atoms with Crippen molar-refractivity contribution in [3.63, 3.8) is 0 Å². The molecular weight excluding hydrogens is 413 g/mol. The second-order valence-electron chi connectivity index (χ2n) is 7.29. The Hall–Kier alpha value is -4.20. The lowest BCUT2D eigenvalue weighted by Crippen LogP contribution is -2.15. The van der Waals surface area contributed by atoms with Gasteiger partial charge in [-0.25, -0.2) is 9.18 Å². The molecule has 1 atom stereocenters. The standard InChI is InChI=1S/C24H20FN3O4/c25-21-9-5-4-8-20(21)23(28(30)31)12-17-14-26-22-13-18(10-11-19(17)22)27-24(29)32-15-16-6-2-1-3-7-16/h1-11,13-14,23,26H,12,15H2,(H,27,29). The van der Waals surface area contributed by atoms with Gasteiger partial charge in [0.15, 0.2) is 0 Å². The summed E-state index contributed by atoms with van der Waals surface area (Å²) < 4.78 is 19.3. The molecule has 0 aliphatic heterocycles. The normalized spacial score (nSPS) is 11.8. The van der Waals surface area contributed by atoms with Crippen LogP contribution in [0.1, 0.15) is 22.7 Å². The Morgan fingerprint density at radius 3 is 2.59 bits per heavy atom.